The molecule has 0 atom stereocenters. The zero-order valence-electron chi connectivity index (χ0n) is 21.7. The summed E-state index contributed by atoms with van der Waals surface area (Å²) < 4.78 is 8.93. The SMILES string of the molecule is c1ccc(-c2cccc3c2oc2c(-c4cccc(-c5nc6ccccc6n5-c5ccccc5)c4)cccc23)cc1. The minimum atomic E-state index is 0.898. The van der Waals surface area contributed by atoms with Crippen molar-refractivity contribution < 1.29 is 4.42 Å². The van der Waals surface area contributed by atoms with Gasteiger partial charge in [-0.05, 0) is 41.5 Å². The highest BCUT2D eigenvalue weighted by atomic mass is 16.3. The van der Waals surface area contributed by atoms with Gasteiger partial charge in [0.25, 0.3) is 0 Å². The average Bonchev–Trinajstić information content (AvgIpc) is 3.61. The lowest BCUT2D eigenvalue weighted by atomic mass is 9.99. The Bertz CT molecular complexity index is 2150. The summed E-state index contributed by atoms with van der Waals surface area (Å²) in [6.45, 7) is 0. The van der Waals surface area contributed by atoms with Crippen LogP contribution < -0.4 is 0 Å². The number of imidazole rings is 1. The first kappa shape index (κ1) is 22.6. The molecule has 0 saturated heterocycles. The van der Waals surface area contributed by atoms with Gasteiger partial charge in [-0.3, -0.25) is 4.57 Å². The second kappa shape index (κ2) is 9.11. The summed E-state index contributed by atoms with van der Waals surface area (Å²) in [6.07, 6.45) is 0. The van der Waals surface area contributed by atoms with E-state index in [-0.39, 0.29) is 0 Å². The van der Waals surface area contributed by atoms with Gasteiger partial charge in [0.1, 0.15) is 17.0 Å². The van der Waals surface area contributed by atoms with Crippen LogP contribution >= 0.6 is 0 Å². The molecule has 188 valence electrons. The number of hydrogen-bond donors (Lipinski definition) is 0. The summed E-state index contributed by atoms with van der Waals surface area (Å²) in [5.41, 5.74) is 10.4. The average molecular weight is 513 g/mol. The Labute approximate surface area is 231 Å². The highest BCUT2D eigenvalue weighted by Crippen LogP contribution is 2.40. The van der Waals surface area contributed by atoms with Crippen molar-refractivity contribution in [2.75, 3.05) is 0 Å². The molecule has 0 aliphatic heterocycles. The summed E-state index contributed by atoms with van der Waals surface area (Å²) in [6, 6.07) is 50.6. The molecule has 0 spiro atoms. The van der Waals surface area contributed by atoms with Gasteiger partial charge in [-0.2, -0.15) is 0 Å². The molecule has 8 aromatic rings. The van der Waals surface area contributed by atoms with Crippen LogP contribution in [0.1, 0.15) is 0 Å². The molecule has 0 bridgehead atoms. The Morgan fingerprint density at radius 3 is 1.80 bits per heavy atom. The minimum absolute atomic E-state index is 0.898. The van der Waals surface area contributed by atoms with Gasteiger partial charge in [0.2, 0.25) is 0 Å². The predicted molar refractivity (Wildman–Crippen MR) is 165 cm³/mol. The fourth-order valence-electron chi connectivity index (χ4n) is 5.78. The smallest absolute Gasteiger partial charge is 0.145 e. The molecule has 0 saturated carbocycles. The van der Waals surface area contributed by atoms with Crippen molar-refractivity contribution in [2.24, 2.45) is 0 Å². The Kier molecular flexibility index (Phi) is 5.14. The lowest BCUT2D eigenvalue weighted by Crippen LogP contribution is -1.97. The van der Waals surface area contributed by atoms with Crippen molar-refractivity contribution in [3.8, 4) is 39.3 Å². The van der Waals surface area contributed by atoms with E-state index in [1.807, 2.05) is 18.2 Å². The number of fused-ring (bicyclic) bond motifs is 4. The third-order valence-corrected chi connectivity index (χ3v) is 7.62. The molecule has 40 heavy (non-hydrogen) atoms. The topological polar surface area (TPSA) is 31.0 Å². The molecule has 0 aliphatic rings. The Morgan fingerprint density at radius 2 is 1.05 bits per heavy atom. The van der Waals surface area contributed by atoms with Crippen LogP contribution in [0.15, 0.2) is 150 Å². The Balaban J connectivity index is 1.33. The molecule has 2 heterocycles. The van der Waals surface area contributed by atoms with E-state index in [1.54, 1.807) is 0 Å². The van der Waals surface area contributed by atoms with E-state index in [1.165, 1.54) is 0 Å². The van der Waals surface area contributed by atoms with Gasteiger partial charge < -0.3 is 4.42 Å². The lowest BCUT2D eigenvalue weighted by Gasteiger charge is -2.11. The van der Waals surface area contributed by atoms with E-state index in [2.05, 4.69) is 132 Å². The molecule has 2 aromatic heterocycles. The standard InChI is InChI=1S/C37H24N2O/c1-3-12-25(13-4-1)29-18-10-20-31-32-21-11-19-30(36(32)40-35(29)31)26-14-9-15-27(24-26)37-38-33-22-7-8-23-34(33)39(37)28-16-5-2-6-17-28/h1-24H. The summed E-state index contributed by atoms with van der Waals surface area (Å²) in [4.78, 5) is 5.08. The summed E-state index contributed by atoms with van der Waals surface area (Å²) in [7, 11) is 0. The number of benzene rings is 6. The molecule has 0 radical (unpaired) electrons. The van der Waals surface area contributed by atoms with Crippen LogP contribution in [-0.4, -0.2) is 9.55 Å². The molecule has 8 rings (SSSR count). The first-order valence-electron chi connectivity index (χ1n) is 13.5. The van der Waals surface area contributed by atoms with Crippen LogP contribution in [0.3, 0.4) is 0 Å². The van der Waals surface area contributed by atoms with E-state index in [4.69, 9.17) is 9.40 Å². The third-order valence-electron chi connectivity index (χ3n) is 7.62. The van der Waals surface area contributed by atoms with Crippen LogP contribution in [-0.2, 0) is 0 Å². The maximum Gasteiger partial charge on any atom is 0.145 e. The number of rotatable bonds is 4. The molecule has 0 unspecified atom stereocenters. The van der Waals surface area contributed by atoms with Gasteiger partial charge >= 0.3 is 0 Å². The molecule has 6 aromatic carbocycles. The van der Waals surface area contributed by atoms with Crippen LogP contribution in [0.4, 0.5) is 0 Å². The minimum Gasteiger partial charge on any atom is -0.455 e. The van der Waals surface area contributed by atoms with Crippen molar-refractivity contribution in [1.29, 1.82) is 0 Å². The monoisotopic (exact) mass is 512 g/mol. The zero-order valence-corrected chi connectivity index (χ0v) is 21.7. The molecular weight excluding hydrogens is 488 g/mol. The highest BCUT2D eigenvalue weighted by molar-refractivity contribution is 6.13. The fraction of sp³-hybridized carbons (Fsp3) is 0. The Hall–Kier alpha value is -5.41. The molecule has 3 heteroatoms. The third kappa shape index (κ3) is 3.56. The van der Waals surface area contributed by atoms with Gasteiger partial charge in [0, 0.05) is 33.2 Å². The maximum absolute atomic E-state index is 6.69. The molecule has 0 N–H and O–H groups in total. The normalized spacial score (nSPS) is 11.5. The van der Waals surface area contributed by atoms with Gasteiger partial charge in [-0.25, -0.2) is 4.98 Å². The first-order chi connectivity index (χ1) is 19.8. The Morgan fingerprint density at radius 1 is 0.475 bits per heavy atom. The second-order valence-electron chi connectivity index (χ2n) is 10.0. The van der Waals surface area contributed by atoms with Crippen molar-refractivity contribution in [3.63, 3.8) is 0 Å². The van der Waals surface area contributed by atoms with E-state index >= 15 is 0 Å². The highest BCUT2D eigenvalue weighted by Gasteiger charge is 2.18. The van der Waals surface area contributed by atoms with Crippen molar-refractivity contribution in [2.45, 2.75) is 0 Å². The zero-order chi connectivity index (χ0) is 26.5. The van der Waals surface area contributed by atoms with Crippen molar-refractivity contribution >= 4 is 33.0 Å². The van der Waals surface area contributed by atoms with Gasteiger partial charge in [-0.1, -0.05) is 115 Å². The number of para-hydroxylation sites is 5. The summed E-state index contributed by atoms with van der Waals surface area (Å²) in [5.74, 6) is 0.914. The van der Waals surface area contributed by atoms with E-state index < -0.39 is 0 Å². The van der Waals surface area contributed by atoms with E-state index in [0.29, 0.717) is 0 Å². The van der Waals surface area contributed by atoms with Crippen LogP contribution in [0.25, 0.3) is 72.3 Å². The van der Waals surface area contributed by atoms with Gasteiger partial charge in [-0.15, -0.1) is 0 Å². The van der Waals surface area contributed by atoms with Crippen LogP contribution in [0, 0.1) is 0 Å². The number of furan rings is 1. The molecule has 3 nitrogen and oxygen atoms in total. The molecule has 0 aliphatic carbocycles. The second-order valence-corrected chi connectivity index (χ2v) is 10.0. The number of aromatic nitrogens is 2. The molecule has 0 fully saturated rings. The van der Waals surface area contributed by atoms with Crippen molar-refractivity contribution in [1.82, 2.24) is 9.55 Å². The first-order valence-corrected chi connectivity index (χ1v) is 13.5. The van der Waals surface area contributed by atoms with E-state index in [0.717, 1.165) is 72.3 Å². The number of hydrogen-bond acceptors (Lipinski definition) is 2. The summed E-state index contributed by atoms with van der Waals surface area (Å²) in [5, 5.41) is 2.24. The van der Waals surface area contributed by atoms with Gasteiger partial charge in [0.05, 0.1) is 11.0 Å². The predicted octanol–water partition coefficient (Wildman–Crippen LogP) is 9.93. The summed E-state index contributed by atoms with van der Waals surface area (Å²) >= 11 is 0. The van der Waals surface area contributed by atoms with Crippen LogP contribution in [0.2, 0.25) is 0 Å². The van der Waals surface area contributed by atoms with Crippen LogP contribution in [0.5, 0.6) is 0 Å². The van der Waals surface area contributed by atoms with E-state index in [9.17, 15) is 0 Å². The fourth-order valence-corrected chi connectivity index (χ4v) is 5.78. The van der Waals surface area contributed by atoms with Crippen molar-refractivity contribution in [3.05, 3.63) is 146 Å². The maximum atomic E-state index is 6.69. The number of nitrogens with zero attached hydrogens (tertiary/aromatic N) is 2. The molecule has 0 amide bonds. The lowest BCUT2D eigenvalue weighted by molar-refractivity contribution is 0.671. The molecular formula is C37H24N2O. The largest absolute Gasteiger partial charge is 0.455 e. The quantitative estimate of drug-likeness (QED) is 0.235. The van der Waals surface area contributed by atoms with Gasteiger partial charge in [0.15, 0.2) is 0 Å².